The zero-order valence-corrected chi connectivity index (χ0v) is 17.9. The smallest absolute Gasteiger partial charge is 0.412 e. The number of hydrogen-bond donors (Lipinski definition) is 1. The van der Waals surface area contributed by atoms with E-state index in [1.807, 2.05) is 54.2 Å². The molecule has 0 spiro atoms. The fourth-order valence-electron chi connectivity index (χ4n) is 2.71. The molecule has 6 nitrogen and oxygen atoms in total. The molecule has 0 aliphatic heterocycles. The van der Waals surface area contributed by atoms with E-state index in [-0.39, 0.29) is 5.91 Å². The minimum absolute atomic E-state index is 0.0801. The van der Waals surface area contributed by atoms with Crippen LogP contribution in [0.3, 0.4) is 0 Å². The van der Waals surface area contributed by atoms with Gasteiger partial charge in [-0.05, 0) is 58.6 Å². The Morgan fingerprint density at radius 3 is 2.28 bits per heavy atom. The Morgan fingerprint density at radius 2 is 1.66 bits per heavy atom. The number of carbonyl (C=O) groups excluding carboxylic acids is 2. The largest absolute Gasteiger partial charge is 0.444 e. The number of anilines is 1. The predicted molar refractivity (Wildman–Crippen MR) is 116 cm³/mol. The fourth-order valence-corrected chi connectivity index (χ4v) is 2.71. The van der Waals surface area contributed by atoms with Crippen LogP contribution >= 0.6 is 0 Å². The highest BCUT2D eigenvalue weighted by molar-refractivity contribution is 5.96. The number of carbonyl (C=O) groups is 2. The summed E-state index contributed by atoms with van der Waals surface area (Å²) in [6.07, 6.45) is -0.546. The third-order valence-corrected chi connectivity index (χ3v) is 4.08. The summed E-state index contributed by atoms with van der Waals surface area (Å²) in [4.78, 5) is 29.1. The lowest BCUT2D eigenvalue weighted by Crippen LogP contribution is -2.36. The third-order valence-electron chi connectivity index (χ3n) is 4.08. The van der Waals surface area contributed by atoms with Gasteiger partial charge < -0.3 is 14.5 Å². The van der Waals surface area contributed by atoms with E-state index in [9.17, 15) is 9.59 Å². The highest BCUT2D eigenvalue weighted by Crippen LogP contribution is 2.16. The van der Waals surface area contributed by atoms with Gasteiger partial charge in [0.15, 0.2) is 0 Å². The van der Waals surface area contributed by atoms with Crippen molar-refractivity contribution in [2.24, 2.45) is 0 Å². The first-order valence-corrected chi connectivity index (χ1v) is 9.72. The number of rotatable bonds is 7. The van der Waals surface area contributed by atoms with Crippen molar-refractivity contribution in [3.8, 4) is 0 Å². The van der Waals surface area contributed by atoms with Gasteiger partial charge in [0.1, 0.15) is 5.60 Å². The van der Waals surface area contributed by atoms with Crippen LogP contribution in [0.4, 0.5) is 10.5 Å². The summed E-state index contributed by atoms with van der Waals surface area (Å²) < 4.78 is 5.28. The van der Waals surface area contributed by atoms with Gasteiger partial charge in [-0.15, -0.1) is 0 Å². The molecule has 0 aliphatic rings. The van der Waals surface area contributed by atoms with E-state index >= 15 is 0 Å². The van der Waals surface area contributed by atoms with Crippen LogP contribution in [0, 0.1) is 0 Å². The average molecular weight is 398 g/mol. The molecule has 0 atom stereocenters. The Labute approximate surface area is 173 Å². The number of amides is 2. The number of likely N-dealkylation sites (N-methyl/N-ethyl adjacent to an activating group) is 1. The van der Waals surface area contributed by atoms with Crippen LogP contribution < -0.4 is 5.32 Å². The topological polar surface area (TPSA) is 61.9 Å². The van der Waals surface area contributed by atoms with E-state index in [2.05, 4.69) is 5.32 Å². The molecular formula is C23H31N3O3. The Hall–Kier alpha value is -2.86. The molecule has 2 aromatic carbocycles. The molecule has 0 aliphatic carbocycles. The van der Waals surface area contributed by atoms with Crippen LogP contribution in [0.25, 0.3) is 0 Å². The first-order chi connectivity index (χ1) is 13.6. The summed E-state index contributed by atoms with van der Waals surface area (Å²) >= 11 is 0. The van der Waals surface area contributed by atoms with Gasteiger partial charge in [-0.1, -0.05) is 36.4 Å². The number of hydrogen-bond acceptors (Lipinski definition) is 4. The standard InChI is InChI=1S/C23H31N3O3/c1-23(2,3)29-22(28)24-20-13-9-12-19(16-20)21(27)26(15-14-25(4)5)17-18-10-7-6-8-11-18/h6-13,16H,14-15,17H2,1-5H3,(H,24,28). The SMILES string of the molecule is CN(C)CCN(Cc1ccccc1)C(=O)c1cccc(NC(=O)OC(C)(C)C)c1. The van der Waals surface area contributed by atoms with Crippen LogP contribution in [0.5, 0.6) is 0 Å². The maximum Gasteiger partial charge on any atom is 0.412 e. The second-order valence-electron chi connectivity index (χ2n) is 8.22. The Balaban J connectivity index is 2.16. The minimum atomic E-state index is -0.587. The summed E-state index contributed by atoms with van der Waals surface area (Å²) in [6.45, 7) is 7.30. The first-order valence-electron chi connectivity index (χ1n) is 9.72. The van der Waals surface area contributed by atoms with E-state index in [1.54, 1.807) is 45.0 Å². The van der Waals surface area contributed by atoms with Crippen LogP contribution in [0.15, 0.2) is 54.6 Å². The second-order valence-corrected chi connectivity index (χ2v) is 8.22. The van der Waals surface area contributed by atoms with Gasteiger partial charge >= 0.3 is 6.09 Å². The lowest BCUT2D eigenvalue weighted by molar-refractivity contribution is 0.0634. The van der Waals surface area contributed by atoms with Crippen LogP contribution in [-0.4, -0.2) is 54.6 Å². The van der Waals surface area contributed by atoms with E-state index in [0.29, 0.717) is 24.3 Å². The number of nitrogens with one attached hydrogen (secondary N) is 1. The fraction of sp³-hybridized carbons (Fsp3) is 0.391. The van der Waals surface area contributed by atoms with Gasteiger partial charge in [-0.25, -0.2) is 4.79 Å². The molecule has 156 valence electrons. The number of ether oxygens (including phenoxy) is 1. The van der Waals surface area contributed by atoms with E-state index < -0.39 is 11.7 Å². The molecule has 29 heavy (non-hydrogen) atoms. The van der Waals surface area contributed by atoms with Gasteiger partial charge in [0.2, 0.25) is 0 Å². The molecule has 2 rings (SSSR count). The molecule has 0 saturated heterocycles. The van der Waals surface area contributed by atoms with Crippen molar-refractivity contribution < 1.29 is 14.3 Å². The number of nitrogens with zero attached hydrogens (tertiary/aromatic N) is 2. The summed E-state index contributed by atoms with van der Waals surface area (Å²) in [5.74, 6) is -0.0801. The van der Waals surface area contributed by atoms with Gasteiger partial charge in [0.05, 0.1) is 0 Å². The average Bonchev–Trinajstić information content (AvgIpc) is 2.64. The normalized spacial score (nSPS) is 11.2. The number of benzene rings is 2. The molecule has 6 heteroatoms. The second kappa shape index (κ2) is 10.1. The predicted octanol–water partition coefficient (Wildman–Crippen LogP) is 4.24. The lowest BCUT2D eigenvalue weighted by atomic mass is 10.1. The highest BCUT2D eigenvalue weighted by Gasteiger charge is 2.19. The quantitative estimate of drug-likeness (QED) is 0.759. The third kappa shape index (κ3) is 7.95. The van der Waals surface area contributed by atoms with Crippen molar-refractivity contribution in [2.45, 2.75) is 32.9 Å². The van der Waals surface area contributed by atoms with Crippen molar-refractivity contribution in [1.82, 2.24) is 9.80 Å². The summed E-state index contributed by atoms with van der Waals surface area (Å²) in [5, 5.41) is 2.69. The van der Waals surface area contributed by atoms with Crippen molar-refractivity contribution in [2.75, 3.05) is 32.5 Å². The van der Waals surface area contributed by atoms with Crippen LogP contribution in [0.1, 0.15) is 36.7 Å². The molecule has 2 amide bonds. The monoisotopic (exact) mass is 397 g/mol. The zero-order chi connectivity index (χ0) is 21.4. The van der Waals surface area contributed by atoms with Crippen molar-refractivity contribution in [3.63, 3.8) is 0 Å². The van der Waals surface area contributed by atoms with Crippen LogP contribution in [0.2, 0.25) is 0 Å². The zero-order valence-electron chi connectivity index (χ0n) is 17.9. The van der Waals surface area contributed by atoms with Crippen molar-refractivity contribution in [1.29, 1.82) is 0 Å². The Kier molecular flexibility index (Phi) is 7.79. The summed E-state index contributed by atoms with van der Waals surface area (Å²) in [5.41, 5.74) is 1.53. The van der Waals surface area contributed by atoms with Gasteiger partial charge in [0.25, 0.3) is 5.91 Å². The molecule has 0 radical (unpaired) electrons. The maximum atomic E-state index is 13.2. The van der Waals surface area contributed by atoms with Crippen molar-refractivity contribution >= 4 is 17.7 Å². The van der Waals surface area contributed by atoms with E-state index in [0.717, 1.165) is 12.1 Å². The van der Waals surface area contributed by atoms with Gasteiger partial charge in [-0.2, -0.15) is 0 Å². The van der Waals surface area contributed by atoms with Crippen LogP contribution in [-0.2, 0) is 11.3 Å². The lowest BCUT2D eigenvalue weighted by Gasteiger charge is -2.25. The molecule has 1 N–H and O–H groups in total. The molecule has 0 fully saturated rings. The van der Waals surface area contributed by atoms with E-state index in [1.165, 1.54) is 0 Å². The van der Waals surface area contributed by atoms with E-state index in [4.69, 9.17) is 4.74 Å². The minimum Gasteiger partial charge on any atom is -0.444 e. The first kappa shape index (κ1) is 22.4. The molecule has 0 aromatic heterocycles. The molecular weight excluding hydrogens is 366 g/mol. The Morgan fingerprint density at radius 1 is 0.966 bits per heavy atom. The maximum absolute atomic E-state index is 13.2. The highest BCUT2D eigenvalue weighted by atomic mass is 16.6. The summed E-state index contributed by atoms with van der Waals surface area (Å²) in [6, 6.07) is 16.9. The van der Waals surface area contributed by atoms with Gasteiger partial charge in [0, 0.05) is 30.9 Å². The van der Waals surface area contributed by atoms with Crippen molar-refractivity contribution in [3.05, 3.63) is 65.7 Å². The molecule has 2 aromatic rings. The summed E-state index contributed by atoms with van der Waals surface area (Å²) in [7, 11) is 3.97. The van der Waals surface area contributed by atoms with Gasteiger partial charge in [-0.3, -0.25) is 10.1 Å². The molecule has 0 bridgehead atoms. The molecule has 0 saturated carbocycles. The molecule has 0 heterocycles. The molecule has 0 unspecified atom stereocenters. The Bertz CT molecular complexity index is 814.